The summed E-state index contributed by atoms with van der Waals surface area (Å²) in [5, 5.41) is 1.24. The first-order valence-corrected chi connectivity index (χ1v) is 8.38. The van der Waals surface area contributed by atoms with E-state index in [2.05, 4.69) is 78.4 Å². The normalized spacial score (nSPS) is 11.1. The lowest BCUT2D eigenvalue weighted by Crippen LogP contribution is -1.90. The molecule has 0 bridgehead atoms. The summed E-state index contributed by atoms with van der Waals surface area (Å²) in [4.78, 5) is 8.06. The van der Waals surface area contributed by atoms with Gasteiger partial charge in [-0.3, -0.25) is 4.98 Å². The van der Waals surface area contributed by atoms with Gasteiger partial charge in [-0.15, -0.1) is 0 Å². The average Bonchev–Trinajstić information content (AvgIpc) is 3.01. The number of aromatic amines is 1. The molecule has 4 rings (SSSR count). The van der Waals surface area contributed by atoms with Crippen LogP contribution in [0.2, 0.25) is 0 Å². The molecule has 0 saturated heterocycles. The third-order valence-electron chi connectivity index (χ3n) is 4.48. The van der Waals surface area contributed by atoms with Gasteiger partial charge in [-0.2, -0.15) is 0 Å². The molecule has 0 spiro atoms. The van der Waals surface area contributed by atoms with Crippen molar-refractivity contribution in [1.82, 2.24) is 9.97 Å². The number of benzene rings is 2. The van der Waals surface area contributed by atoms with Crippen molar-refractivity contribution in [3.63, 3.8) is 0 Å². The van der Waals surface area contributed by atoms with Crippen molar-refractivity contribution < 1.29 is 0 Å². The number of aryl methyl sites for hydroxylation is 2. The lowest BCUT2D eigenvalue weighted by Gasteiger charge is -2.10. The Morgan fingerprint density at radius 2 is 1.83 bits per heavy atom. The molecule has 2 nitrogen and oxygen atoms in total. The van der Waals surface area contributed by atoms with Gasteiger partial charge < -0.3 is 4.98 Å². The van der Waals surface area contributed by atoms with Gasteiger partial charge in [0.15, 0.2) is 0 Å². The van der Waals surface area contributed by atoms with Gasteiger partial charge >= 0.3 is 0 Å². The number of aromatic nitrogens is 2. The summed E-state index contributed by atoms with van der Waals surface area (Å²) in [6.45, 7) is 4.27. The minimum atomic E-state index is 1.03. The second-order valence-electron chi connectivity index (χ2n) is 6.21. The third kappa shape index (κ3) is 2.61. The van der Waals surface area contributed by atoms with E-state index in [0.717, 1.165) is 12.1 Å². The number of fused-ring (bicyclic) bond motifs is 1. The van der Waals surface area contributed by atoms with Gasteiger partial charge in [0.1, 0.15) is 0 Å². The zero-order chi connectivity index (χ0) is 16.5. The molecule has 2 aromatic heterocycles. The van der Waals surface area contributed by atoms with E-state index < -0.39 is 0 Å². The Labute approximate surface area is 142 Å². The van der Waals surface area contributed by atoms with E-state index in [9.17, 15) is 0 Å². The van der Waals surface area contributed by atoms with E-state index >= 15 is 0 Å². The van der Waals surface area contributed by atoms with Crippen LogP contribution in [0.5, 0.6) is 0 Å². The molecular formula is C22H20N2. The van der Waals surface area contributed by atoms with Crippen molar-refractivity contribution in [3.05, 3.63) is 78.1 Å². The molecule has 2 heterocycles. The molecule has 0 saturated carbocycles. The van der Waals surface area contributed by atoms with Crippen LogP contribution in [0.15, 0.2) is 66.9 Å². The Hall–Kier alpha value is -2.87. The van der Waals surface area contributed by atoms with Gasteiger partial charge in [-0.05, 0) is 54.8 Å². The standard InChI is InChI=1S/C22H20N2/c1-3-16-6-4-7-18(13-16)22-20(8-5-11-23-22)17-9-10-21-19(14-17)12-15(2)24-21/h4-14,24H,3H2,1-2H3. The first-order chi connectivity index (χ1) is 11.7. The molecule has 118 valence electrons. The number of hydrogen-bond acceptors (Lipinski definition) is 1. The molecule has 4 aromatic rings. The number of nitrogens with one attached hydrogen (secondary N) is 1. The Balaban J connectivity index is 1.88. The van der Waals surface area contributed by atoms with Crippen LogP contribution in [0.1, 0.15) is 18.2 Å². The lowest BCUT2D eigenvalue weighted by molar-refractivity contribution is 1.14. The highest BCUT2D eigenvalue weighted by Gasteiger charge is 2.10. The molecule has 0 amide bonds. The number of rotatable bonds is 3. The van der Waals surface area contributed by atoms with Crippen LogP contribution in [0.4, 0.5) is 0 Å². The molecule has 0 aliphatic rings. The fraction of sp³-hybridized carbons (Fsp3) is 0.136. The minimum absolute atomic E-state index is 1.03. The maximum Gasteiger partial charge on any atom is 0.0780 e. The zero-order valence-corrected chi connectivity index (χ0v) is 14.0. The average molecular weight is 312 g/mol. The van der Waals surface area contributed by atoms with E-state index in [4.69, 9.17) is 0 Å². The summed E-state index contributed by atoms with van der Waals surface area (Å²) >= 11 is 0. The fourth-order valence-electron chi connectivity index (χ4n) is 3.25. The highest BCUT2D eigenvalue weighted by atomic mass is 14.7. The monoisotopic (exact) mass is 312 g/mol. The summed E-state index contributed by atoms with van der Waals surface area (Å²) in [5.41, 5.74) is 8.28. The zero-order valence-electron chi connectivity index (χ0n) is 14.0. The maximum absolute atomic E-state index is 4.68. The summed E-state index contributed by atoms with van der Waals surface area (Å²) in [6.07, 6.45) is 2.90. The van der Waals surface area contributed by atoms with Crippen LogP contribution in [-0.2, 0) is 6.42 Å². The van der Waals surface area contributed by atoms with Crippen LogP contribution in [-0.4, -0.2) is 9.97 Å². The van der Waals surface area contributed by atoms with Crippen molar-refractivity contribution in [2.45, 2.75) is 20.3 Å². The minimum Gasteiger partial charge on any atom is -0.359 e. The van der Waals surface area contributed by atoms with Crippen LogP contribution < -0.4 is 0 Å². The van der Waals surface area contributed by atoms with E-state index in [1.54, 1.807) is 0 Å². The quantitative estimate of drug-likeness (QED) is 0.511. The number of H-pyrrole nitrogens is 1. The Bertz CT molecular complexity index is 1010. The topological polar surface area (TPSA) is 28.7 Å². The molecule has 0 fully saturated rings. The molecule has 2 heteroatoms. The largest absolute Gasteiger partial charge is 0.359 e. The molecule has 0 atom stereocenters. The highest BCUT2D eigenvalue weighted by molar-refractivity contribution is 5.89. The first-order valence-electron chi connectivity index (χ1n) is 8.38. The van der Waals surface area contributed by atoms with Gasteiger partial charge in [0, 0.05) is 33.9 Å². The van der Waals surface area contributed by atoms with Gasteiger partial charge in [-0.25, -0.2) is 0 Å². The van der Waals surface area contributed by atoms with Crippen molar-refractivity contribution in [1.29, 1.82) is 0 Å². The fourth-order valence-corrected chi connectivity index (χ4v) is 3.25. The van der Waals surface area contributed by atoms with Crippen molar-refractivity contribution >= 4 is 10.9 Å². The number of hydrogen-bond donors (Lipinski definition) is 1. The number of nitrogens with zero attached hydrogens (tertiary/aromatic N) is 1. The summed E-state index contributed by atoms with van der Waals surface area (Å²) in [6, 6.07) is 21.6. The molecule has 24 heavy (non-hydrogen) atoms. The molecule has 0 radical (unpaired) electrons. The molecular weight excluding hydrogens is 292 g/mol. The molecule has 0 unspecified atom stereocenters. The number of pyridine rings is 1. The molecule has 1 N–H and O–H groups in total. The highest BCUT2D eigenvalue weighted by Crippen LogP contribution is 2.32. The van der Waals surface area contributed by atoms with Gasteiger partial charge in [0.25, 0.3) is 0 Å². The SMILES string of the molecule is CCc1cccc(-c2ncccc2-c2ccc3[nH]c(C)cc3c2)c1. The summed E-state index contributed by atoms with van der Waals surface area (Å²) in [5.74, 6) is 0. The van der Waals surface area contributed by atoms with E-state index in [1.165, 1.54) is 38.9 Å². The van der Waals surface area contributed by atoms with E-state index in [-0.39, 0.29) is 0 Å². The third-order valence-corrected chi connectivity index (χ3v) is 4.48. The Morgan fingerprint density at radius 1 is 0.917 bits per heavy atom. The van der Waals surface area contributed by atoms with Crippen molar-refractivity contribution in [3.8, 4) is 22.4 Å². The van der Waals surface area contributed by atoms with Gasteiger partial charge in [-0.1, -0.05) is 37.3 Å². The summed E-state index contributed by atoms with van der Waals surface area (Å²) in [7, 11) is 0. The molecule has 0 aliphatic heterocycles. The van der Waals surface area contributed by atoms with Crippen LogP contribution in [0.3, 0.4) is 0 Å². The predicted octanol–water partition coefficient (Wildman–Crippen LogP) is 5.77. The van der Waals surface area contributed by atoms with Crippen molar-refractivity contribution in [2.24, 2.45) is 0 Å². The molecule has 2 aromatic carbocycles. The van der Waals surface area contributed by atoms with Crippen molar-refractivity contribution in [2.75, 3.05) is 0 Å². The Morgan fingerprint density at radius 3 is 2.71 bits per heavy atom. The maximum atomic E-state index is 4.68. The Kier molecular flexibility index (Phi) is 3.66. The molecule has 0 aliphatic carbocycles. The second kappa shape index (κ2) is 5.97. The van der Waals surface area contributed by atoms with Gasteiger partial charge in [0.2, 0.25) is 0 Å². The van der Waals surface area contributed by atoms with E-state index in [1.807, 2.05) is 12.3 Å². The smallest absolute Gasteiger partial charge is 0.0780 e. The second-order valence-corrected chi connectivity index (χ2v) is 6.21. The predicted molar refractivity (Wildman–Crippen MR) is 101 cm³/mol. The lowest BCUT2D eigenvalue weighted by atomic mass is 9.97. The van der Waals surface area contributed by atoms with Crippen LogP contribution >= 0.6 is 0 Å². The van der Waals surface area contributed by atoms with Crippen LogP contribution in [0.25, 0.3) is 33.3 Å². The summed E-state index contributed by atoms with van der Waals surface area (Å²) < 4.78 is 0. The van der Waals surface area contributed by atoms with E-state index in [0.29, 0.717) is 0 Å². The first kappa shape index (κ1) is 14.7. The van der Waals surface area contributed by atoms with Gasteiger partial charge in [0.05, 0.1) is 5.69 Å². The van der Waals surface area contributed by atoms with Crippen LogP contribution in [0, 0.1) is 6.92 Å².